The van der Waals surface area contributed by atoms with Gasteiger partial charge in [0, 0.05) is 29.6 Å². The Hall–Kier alpha value is -4.27. The van der Waals surface area contributed by atoms with E-state index in [0.717, 1.165) is 38.0 Å². The zero-order chi connectivity index (χ0) is 31.2. The highest BCUT2D eigenvalue weighted by molar-refractivity contribution is 5.91. The molecule has 0 spiro atoms. The van der Waals surface area contributed by atoms with Gasteiger partial charge in [-0.05, 0) is 63.0 Å². The van der Waals surface area contributed by atoms with Gasteiger partial charge in [0.2, 0.25) is 0 Å². The number of halogens is 3. The number of urea groups is 1. The molecule has 2 amide bonds. The highest BCUT2D eigenvalue weighted by atomic mass is 19.4. The minimum absolute atomic E-state index is 0.0216. The van der Waals surface area contributed by atoms with Crippen LogP contribution < -0.4 is 24.8 Å². The van der Waals surface area contributed by atoms with Crippen LogP contribution in [-0.4, -0.2) is 80.1 Å². The van der Waals surface area contributed by atoms with E-state index in [4.69, 9.17) is 24.1 Å². The minimum Gasteiger partial charge on any atom is -0.495 e. The van der Waals surface area contributed by atoms with Crippen LogP contribution in [0, 0.1) is 10.1 Å². The van der Waals surface area contributed by atoms with Gasteiger partial charge in [0.05, 0.1) is 31.9 Å². The molecule has 230 valence electrons. The Morgan fingerprint density at radius 2 is 1.67 bits per heavy atom. The summed E-state index contributed by atoms with van der Waals surface area (Å²) in [7, 11) is 6.86. The number of alkyl halides is 3. The van der Waals surface area contributed by atoms with E-state index in [9.17, 15) is 28.1 Å². The van der Waals surface area contributed by atoms with E-state index in [0.29, 0.717) is 11.5 Å². The van der Waals surface area contributed by atoms with Crippen molar-refractivity contribution in [3.8, 4) is 17.2 Å². The van der Waals surface area contributed by atoms with Gasteiger partial charge in [-0.1, -0.05) is 6.07 Å². The molecule has 1 saturated heterocycles. The molecule has 2 aromatic carbocycles. The van der Waals surface area contributed by atoms with Crippen molar-refractivity contribution < 1.29 is 47.0 Å². The molecule has 42 heavy (non-hydrogen) atoms. The maximum absolute atomic E-state index is 12.8. The molecule has 3 atom stereocenters. The van der Waals surface area contributed by atoms with E-state index < -0.39 is 23.1 Å². The van der Waals surface area contributed by atoms with E-state index in [1.165, 1.54) is 30.9 Å². The molecule has 1 aliphatic carbocycles. The number of nitrogens with zero attached hydrogens (tertiary/aromatic N) is 2. The summed E-state index contributed by atoms with van der Waals surface area (Å²) in [6.07, 6.45) is -1.52. The summed E-state index contributed by atoms with van der Waals surface area (Å²) in [5, 5.41) is 24.0. The van der Waals surface area contributed by atoms with Gasteiger partial charge in [-0.3, -0.25) is 10.1 Å². The van der Waals surface area contributed by atoms with Crippen LogP contribution in [0.5, 0.6) is 17.2 Å². The smallest absolute Gasteiger partial charge is 0.490 e. The third kappa shape index (κ3) is 7.13. The molecule has 1 saturated carbocycles. The van der Waals surface area contributed by atoms with Crippen molar-refractivity contribution in [2.75, 3.05) is 40.2 Å². The largest absolute Gasteiger partial charge is 0.495 e. The number of carboxylic acid groups (broad SMARTS) is 1. The molecule has 1 heterocycles. The van der Waals surface area contributed by atoms with Gasteiger partial charge < -0.3 is 34.9 Å². The highest BCUT2D eigenvalue weighted by Gasteiger charge is 2.50. The number of nitrogens with one attached hydrogen (secondary N) is 2. The third-order valence-electron chi connectivity index (χ3n) is 7.71. The Bertz CT molecular complexity index is 1310. The van der Waals surface area contributed by atoms with E-state index >= 15 is 0 Å². The molecule has 4 rings (SSSR count). The first-order valence-electron chi connectivity index (χ1n) is 12.9. The van der Waals surface area contributed by atoms with Gasteiger partial charge in [0.25, 0.3) is 5.69 Å². The van der Waals surface area contributed by atoms with Gasteiger partial charge in [-0.25, -0.2) is 9.59 Å². The maximum atomic E-state index is 12.8. The second-order valence-electron chi connectivity index (χ2n) is 9.99. The third-order valence-corrected chi connectivity index (χ3v) is 7.71. The van der Waals surface area contributed by atoms with E-state index in [1.807, 2.05) is 6.07 Å². The minimum atomic E-state index is -5.08. The van der Waals surface area contributed by atoms with Crippen molar-refractivity contribution in [2.24, 2.45) is 0 Å². The van der Waals surface area contributed by atoms with Crippen LogP contribution in [0.4, 0.5) is 29.3 Å². The molecule has 0 aromatic heterocycles. The lowest BCUT2D eigenvalue weighted by Gasteiger charge is -2.45. The number of likely N-dealkylation sites (tertiary alicyclic amines) is 1. The van der Waals surface area contributed by atoms with Gasteiger partial charge in [-0.15, -0.1) is 0 Å². The van der Waals surface area contributed by atoms with Gasteiger partial charge >= 0.3 is 18.2 Å². The maximum Gasteiger partial charge on any atom is 0.490 e. The van der Waals surface area contributed by atoms with Crippen molar-refractivity contribution in [1.29, 1.82) is 0 Å². The van der Waals surface area contributed by atoms with Crippen LogP contribution >= 0.6 is 0 Å². The molecular weight excluding hydrogens is 565 g/mol. The zero-order valence-electron chi connectivity index (χ0n) is 23.5. The number of rotatable bonds is 7. The molecule has 12 nitrogen and oxygen atoms in total. The number of aliphatic carboxylic acids is 1. The molecule has 15 heteroatoms. The first kappa shape index (κ1) is 32.2. The van der Waals surface area contributed by atoms with Crippen LogP contribution in [0.1, 0.15) is 31.2 Å². The quantitative estimate of drug-likeness (QED) is 0.307. The van der Waals surface area contributed by atoms with Gasteiger partial charge in [0.15, 0.2) is 11.5 Å². The van der Waals surface area contributed by atoms with Crippen LogP contribution in [0.2, 0.25) is 0 Å². The topological polar surface area (TPSA) is 152 Å². The summed E-state index contributed by atoms with van der Waals surface area (Å²) in [5.74, 6) is -0.970. The molecule has 3 unspecified atom stereocenters. The fraction of sp³-hybridized carbons (Fsp3) is 0.481. The number of likely N-dealkylation sites (N-methyl/N-ethyl adjacent to an activating group) is 1. The first-order chi connectivity index (χ1) is 19.7. The van der Waals surface area contributed by atoms with Crippen molar-refractivity contribution in [1.82, 2.24) is 10.2 Å². The van der Waals surface area contributed by atoms with E-state index in [1.54, 1.807) is 14.2 Å². The number of anilines is 1. The molecule has 2 fully saturated rings. The fourth-order valence-corrected chi connectivity index (χ4v) is 5.65. The summed E-state index contributed by atoms with van der Waals surface area (Å²) in [6, 6.07) is 10.1. The second-order valence-corrected chi connectivity index (χ2v) is 9.99. The number of benzene rings is 2. The summed E-state index contributed by atoms with van der Waals surface area (Å²) < 4.78 is 48.0. The SMILES string of the molecule is COc1ccc([N+](=O)[O-])cc1NC(=O)NC1CCC2(c3ccc(OC)c(OC)c3)CCN(C)C2C1.O=C(O)C(F)(F)F. The number of ether oxygens (including phenoxy) is 3. The lowest BCUT2D eigenvalue weighted by atomic mass is 9.65. The predicted octanol–water partition coefficient (Wildman–Crippen LogP) is 4.57. The van der Waals surface area contributed by atoms with Crippen molar-refractivity contribution >= 4 is 23.4 Å². The summed E-state index contributed by atoms with van der Waals surface area (Å²) >= 11 is 0. The number of fused-ring (bicyclic) bond motifs is 1. The summed E-state index contributed by atoms with van der Waals surface area (Å²) in [5.41, 5.74) is 1.35. The zero-order valence-corrected chi connectivity index (χ0v) is 23.5. The fourth-order valence-electron chi connectivity index (χ4n) is 5.65. The molecule has 0 radical (unpaired) electrons. The van der Waals surface area contributed by atoms with E-state index in [2.05, 4.69) is 34.7 Å². The van der Waals surface area contributed by atoms with Crippen LogP contribution in [0.25, 0.3) is 0 Å². The number of nitro groups is 1. The van der Waals surface area contributed by atoms with Crippen molar-refractivity contribution in [2.45, 2.75) is 49.4 Å². The van der Waals surface area contributed by atoms with E-state index in [-0.39, 0.29) is 28.9 Å². The Balaban J connectivity index is 0.000000616. The van der Waals surface area contributed by atoms with Gasteiger partial charge in [0.1, 0.15) is 5.75 Å². The molecule has 3 N–H and O–H groups in total. The monoisotopic (exact) mass is 598 g/mol. The lowest BCUT2D eigenvalue weighted by molar-refractivity contribution is -0.384. The average molecular weight is 599 g/mol. The number of carboxylic acids is 1. The number of nitro benzene ring substituents is 1. The lowest BCUT2D eigenvalue weighted by Crippen LogP contribution is -2.52. The number of hydrogen-bond acceptors (Lipinski definition) is 8. The molecular formula is C27H33F3N4O8. The summed E-state index contributed by atoms with van der Waals surface area (Å²) in [4.78, 5) is 34.7. The number of non-ortho nitro benzene ring substituents is 1. The number of carbonyl (C=O) groups excluding carboxylic acids is 1. The van der Waals surface area contributed by atoms with Crippen molar-refractivity contribution in [3.63, 3.8) is 0 Å². The standard InChI is InChI=1S/C25H32N4O6.C2HF3O2/c1-28-12-11-25(16-5-7-21(34-3)22(13-16)35-4)10-9-17(14-23(25)28)26-24(30)27-19-15-18(29(31)32)6-8-20(19)33-2;3-2(4,5)1(6)7/h5-8,13,15,17,23H,9-12,14H2,1-4H3,(H2,26,27,30);(H,6,7). The Morgan fingerprint density at radius 1 is 1.05 bits per heavy atom. The molecule has 1 aliphatic heterocycles. The Labute approximate surface area is 239 Å². The predicted molar refractivity (Wildman–Crippen MR) is 145 cm³/mol. The second kappa shape index (κ2) is 13.1. The van der Waals surface area contributed by atoms with Crippen LogP contribution in [-0.2, 0) is 10.2 Å². The number of carbonyl (C=O) groups is 2. The molecule has 0 bridgehead atoms. The Kier molecular flexibility index (Phi) is 10.1. The highest BCUT2D eigenvalue weighted by Crippen LogP contribution is 2.50. The number of hydrogen-bond donors (Lipinski definition) is 3. The van der Waals surface area contributed by atoms with Crippen LogP contribution in [0.3, 0.4) is 0 Å². The normalized spacial score (nSPS) is 21.7. The molecule has 2 aliphatic rings. The van der Waals surface area contributed by atoms with Crippen molar-refractivity contribution in [3.05, 3.63) is 52.1 Å². The number of amides is 2. The number of methoxy groups -OCH3 is 3. The first-order valence-corrected chi connectivity index (χ1v) is 12.9. The van der Waals surface area contributed by atoms with Gasteiger partial charge in [-0.2, -0.15) is 13.2 Å². The van der Waals surface area contributed by atoms with Crippen LogP contribution in [0.15, 0.2) is 36.4 Å². The Morgan fingerprint density at radius 3 is 2.24 bits per heavy atom. The summed E-state index contributed by atoms with van der Waals surface area (Å²) in [6.45, 7) is 0.975. The molecule has 2 aromatic rings. The average Bonchev–Trinajstić information content (AvgIpc) is 3.29.